The van der Waals surface area contributed by atoms with E-state index in [0.29, 0.717) is 13.0 Å². The van der Waals surface area contributed by atoms with Crippen LogP contribution in [0.15, 0.2) is 24.3 Å². The fourth-order valence-electron chi connectivity index (χ4n) is 1.79. The van der Waals surface area contributed by atoms with Gasteiger partial charge in [0.1, 0.15) is 5.75 Å². The van der Waals surface area contributed by atoms with Crippen molar-refractivity contribution in [2.75, 3.05) is 6.61 Å². The van der Waals surface area contributed by atoms with Crippen LogP contribution in [-0.4, -0.2) is 17.7 Å². The van der Waals surface area contributed by atoms with E-state index in [2.05, 4.69) is 0 Å². The van der Waals surface area contributed by atoms with Crippen molar-refractivity contribution in [3.8, 4) is 5.75 Å². The lowest BCUT2D eigenvalue weighted by molar-refractivity contribution is -0.137. The van der Waals surface area contributed by atoms with Crippen LogP contribution in [0, 0.1) is 0 Å². The number of ether oxygens (including phenoxy) is 1. The van der Waals surface area contributed by atoms with Crippen LogP contribution in [0.4, 0.5) is 0 Å². The molecular weight excluding hydrogens is 230 g/mol. The van der Waals surface area contributed by atoms with Crippen molar-refractivity contribution in [3.63, 3.8) is 0 Å². The predicted molar refractivity (Wildman–Crippen MR) is 70.6 cm³/mol. The molecule has 1 unspecified atom stereocenters. The number of aliphatic carboxylic acids is 1. The summed E-state index contributed by atoms with van der Waals surface area (Å²) in [4.78, 5) is 10.4. The summed E-state index contributed by atoms with van der Waals surface area (Å²) in [5, 5.41) is 8.53. The Morgan fingerprint density at radius 2 is 2.00 bits per heavy atom. The molecule has 1 rings (SSSR count). The molecule has 0 fully saturated rings. The quantitative estimate of drug-likeness (QED) is 0.697. The van der Waals surface area contributed by atoms with Gasteiger partial charge in [-0.05, 0) is 37.5 Å². The third-order valence-electron chi connectivity index (χ3n) is 2.78. The monoisotopic (exact) mass is 251 g/mol. The number of hydrogen-bond donors (Lipinski definition) is 2. The average Bonchev–Trinajstić information content (AvgIpc) is 2.35. The van der Waals surface area contributed by atoms with E-state index < -0.39 is 5.97 Å². The molecule has 0 saturated heterocycles. The second-order valence-electron chi connectivity index (χ2n) is 4.25. The highest BCUT2D eigenvalue weighted by molar-refractivity contribution is 5.66. The van der Waals surface area contributed by atoms with Gasteiger partial charge in [-0.3, -0.25) is 4.79 Å². The molecule has 0 amide bonds. The Hall–Kier alpha value is -1.55. The van der Waals surface area contributed by atoms with E-state index in [0.717, 1.165) is 24.2 Å². The maximum atomic E-state index is 10.4. The van der Waals surface area contributed by atoms with Crippen molar-refractivity contribution in [2.24, 2.45) is 5.73 Å². The van der Waals surface area contributed by atoms with E-state index >= 15 is 0 Å². The molecule has 4 nitrogen and oxygen atoms in total. The molecule has 1 aromatic carbocycles. The highest BCUT2D eigenvalue weighted by Gasteiger charge is 2.06. The molecule has 0 bridgehead atoms. The molecule has 0 aliphatic rings. The maximum absolute atomic E-state index is 10.4. The van der Waals surface area contributed by atoms with Gasteiger partial charge >= 0.3 is 5.97 Å². The van der Waals surface area contributed by atoms with Crippen LogP contribution in [0.2, 0.25) is 0 Å². The van der Waals surface area contributed by atoms with E-state index in [1.54, 1.807) is 0 Å². The molecule has 0 radical (unpaired) electrons. The van der Waals surface area contributed by atoms with Gasteiger partial charge < -0.3 is 15.6 Å². The highest BCUT2D eigenvalue weighted by Crippen LogP contribution is 2.20. The third-order valence-corrected chi connectivity index (χ3v) is 2.78. The topological polar surface area (TPSA) is 72.5 Å². The fraction of sp³-hybridized carbons (Fsp3) is 0.500. The van der Waals surface area contributed by atoms with Gasteiger partial charge in [-0.2, -0.15) is 0 Å². The van der Waals surface area contributed by atoms with E-state index in [1.807, 2.05) is 31.2 Å². The van der Waals surface area contributed by atoms with Gasteiger partial charge in [0, 0.05) is 12.5 Å². The molecule has 0 aliphatic heterocycles. The zero-order valence-corrected chi connectivity index (χ0v) is 10.8. The lowest BCUT2D eigenvalue weighted by Gasteiger charge is -2.12. The van der Waals surface area contributed by atoms with Crippen molar-refractivity contribution in [1.29, 1.82) is 0 Å². The SMILES string of the molecule is CCOc1ccc(C(N)CCCCC(=O)O)cc1. The zero-order valence-electron chi connectivity index (χ0n) is 10.8. The molecule has 0 aromatic heterocycles. The van der Waals surface area contributed by atoms with E-state index in [-0.39, 0.29) is 12.5 Å². The Balaban J connectivity index is 2.36. The first-order valence-corrected chi connectivity index (χ1v) is 6.33. The van der Waals surface area contributed by atoms with Gasteiger partial charge in [0.05, 0.1) is 6.61 Å². The number of hydrogen-bond acceptors (Lipinski definition) is 3. The maximum Gasteiger partial charge on any atom is 0.303 e. The molecule has 0 heterocycles. The van der Waals surface area contributed by atoms with Crippen molar-refractivity contribution in [2.45, 2.75) is 38.6 Å². The summed E-state index contributed by atoms with van der Waals surface area (Å²) in [6, 6.07) is 7.72. The summed E-state index contributed by atoms with van der Waals surface area (Å²) >= 11 is 0. The molecule has 0 saturated carbocycles. The minimum absolute atomic E-state index is 0.0329. The van der Waals surface area contributed by atoms with Gasteiger partial charge in [0.2, 0.25) is 0 Å². The van der Waals surface area contributed by atoms with Crippen molar-refractivity contribution >= 4 is 5.97 Å². The Morgan fingerprint density at radius 3 is 2.56 bits per heavy atom. The summed E-state index contributed by atoms with van der Waals surface area (Å²) in [5.74, 6) is 0.101. The second kappa shape index (κ2) is 7.71. The first-order chi connectivity index (χ1) is 8.63. The highest BCUT2D eigenvalue weighted by atomic mass is 16.5. The van der Waals surface area contributed by atoms with Crippen LogP contribution >= 0.6 is 0 Å². The van der Waals surface area contributed by atoms with Gasteiger partial charge in [0.25, 0.3) is 0 Å². The number of carboxylic acid groups (broad SMARTS) is 1. The third kappa shape index (κ3) is 5.19. The first-order valence-electron chi connectivity index (χ1n) is 6.33. The fourth-order valence-corrected chi connectivity index (χ4v) is 1.79. The molecule has 18 heavy (non-hydrogen) atoms. The molecule has 3 N–H and O–H groups in total. The van der Waals surface area contributed by atoms with E-state index in [1.165, 1.54) is 0 Å². The minimum Gasteiger partial charge on any atom is -0.494 e. The van der Waals surface area contributed by atoms with Crippen LogP contribution in [-0.2, 0) is 4.79 Å². The molecule has 1 aromatic rings. The van der Waals surface area contributed by atoms with Gasteiger partial charge in [-0.25, -0.2) is 0 Å². The van der Waals surface area contributed by atoms with Crippen LogP contribution in [0.3, 0.4) is 0 Å². The summed E-state index contributed by atoms with van der Waals surface area (Å²) in [6.45, 7) is 2.60. The smallest absolute Gasteiger partial charge is 0.303 e. The second-order valence-corrected chi connectivity index (χ2v) is 4.25. The van der Waals surface area contributed by atoms with Gasteiger partial charge in [-0.1, -0.05) is 18.6 Å². The minimum atomic E-state index is -0.746. The van der Waals surface area contributed by atoms with Gasteiger partial charge in [-0.15, -0.1) is 0 Å². The van der Waals surface area contributed by atoms with E-state index in [4.69, 9.17) is 15.6 Å². The number of carbonyl (C=O) groups is 1. The average molecular weight is 251 g/mol. The number of nitrogens with two attached hydrogens (primary N) is 1. The molecular formula is C14H21NO3. The van der Waals surface area contributed by atoms with E-state index in [9.17, 15) is 4.79 Å². The summed E-state index contributed by atoms with van der Waals surface area (Å²) < 4.78 is 5.36. The summed E-state index contributed by atoms with van der Waals surface area (Å²) in [6.07, 6.45) is 2.54. The molecule has 0 spiro atoms. The van der Waals surface area contributed by atoms with Crippen LogP contribution in [0.5, 0.6) is 5.75 Å². The standard InChI is InChI=1S/C14H21NO3/c1-2-18-12-9-7-11(8-10-12)13(15)5-3-4-6-14(16)17/h7-10,13H,2-6,15H2,1H3,(H,16,17). The van der Waals surface area contributed by atoms with Crippen molar-refractivity contribution in [3.05, 3.63) is 29.8 Å². The van der Waals surface area contributed by atoms with Crippen LogP contribution < -0.4 is 10.5 Å². The number of unbranched alkanes of at least 4 members (excludes halogenated alkanes) is 1. The lowest BCUT2D eigenvalue weighted by atomic mass is 10.0. The number of benzene rings is 1. The molecule has 100 valence electrons. The zero-order chi connectivity index (χ0) is 13.4. The van der Waals surface area contributed by atoms with Crippen LogP contribution in [0.1, 0.15) is 44.2 Å². The summed E-state index contributed by atoms with van der Waals surface area (Å²) in [5.41, 5.74) is 7.11. The molecule has 1 atom stereocenters. The number of carboxylic acids is 1. The molecule has 0 aliphatic carbocycles. The van der Waals surface area contributed by atoms with Gasteiger partial charge in [0.15, 0.2) is 0 Å². The first kappa shape index (κ1) is 14.5. The Kier molecular flexibility index (Phi) is 6.22. The molecule has 4 heteroatoms. The van der Waals surface area contributed by atoms with Crippen molar-refractivity contribution < 1.29 is 14.6 Å². The van der Waals surface area contributed by atoms with Crippen molar-refractivity contribution in [1.82, 2.24) is 0 Å². The Morgan fingerprint density at radius 1 is 1.33 bits per heavy atom. The van der Waals surface area contributed by atoms with Crippen LogP contribution in [0.25, 0.3) is 0 Å². The Labute approximate surface area is 108 Å². The lowest BCUT2D eigenvalue weighted by Crippen LogP contribution is -2.10. The Bertz CT molecular complexity index is 362. The number of rotatable bonds is 8. The summed E-state index contributed by atoms with van der Waals surface area (Å²) in [7, 11) is 0. The predicted octanol–water partition coefficient (Wildman–Crippen LogP) is 2.73. The largest absolute Gasteiger partial charge is 0.494 e. The normalized spacial score (nSPS) is 12.1.